The predicted molar refractivity (Wildman–Crippen MR) is 130 cm³/mol. The van der Waals surface area contributed by atoms with Gasteiger partial charge < -0.3 is 0 Å². The highest BCUT2D eigenvalue weighted by Gasteiger charge is 2.26. The van der Waals surface area contributed by atoms with Crippen LogP contribution >= 0.6 is 0 Å². The number of hydrogen-bond donors (Lipinski definition) is 1. The van der Waals surface area contributed by atoms with Crippen molar-refractivity contribution in [3.05, 3.63) is 42.0 Å². The fourth-order valence-corrected chi connectivity index (χ4v) is 4.28. The van der Waals surface area contributed by atoms with Gasteiger partial charge in [0.05, 0.1) is 11.7 Å². The molecule has 0 radical (unpaired) electrons. The van der Waals surface area contributed by atoms with Crippen molar-refractivity contribution in [2.24, 2.45) is 0 Å². The molecule has 1 aliphatic heterocycles. The highest BCUT2D eigenvalue weighted by Crippen LogP contribution is 2.30. The van der Waals surface area contributed by atoms with E-state index in [-0.39, 0.29) is 5.91 Å². The van der Waals surface area contributed by atoms with Gasteiger partial charge in [0.1, 0.15) is 0 Å². The van der Waals surface area contributed by atoms with Gasteiger partial charge in [-0.2, -0.15) is 0 Å². The summed E-state index contributed by atoms with van der Waals surface area (Å²) in [4.78, 5) is 12.3. The molecular weight excluding hydrogens is 368 g/mol. The van der Waals surface area contributed by atoms with Crippen molar-refractivity contribution in [1.82, 2.24) is 5.43 Å². The van der Waals surface area contributed by atoms with Crippen LogP contribution in [0.4, 0.5) is 5.69 Å². The van der Waals surface area contributed by atoms with Gasteiger partial charge in [-0.1, -0.05) is 88.6 Å². The van der Waals surface area contributed by atoms with E-state index in [0.29, 0.717) is 12.5 Å². The van der Waals surface area contributed by atoms with E-state index in [9.17, 15) is 4.79 Å². The molecule has 1 N–H and O–H groups in total. The molecule has 0 fully saturated rings. The van der Waals surface area contributed by atoms with Gasteiger partial charge in [-0.15, -0.1) is 0 Å². The minimum atomic E-state index is 0.149. The Balaban J connectivity index is 1.42. The quantitative estimate of drug-likeness (QED) is 0.225. The number of carbonyl (C=O) groups is 1. The number of allylic oxidation sites excluding steroid dienone is 2. The molecule has 3 nitrogen and oxygen atoms in total. The number of hydrogen-bond acceptors (Lipinski definition) is 2. The van der Waals surface area contributed by atoms with Crippen LogP contribution in [-0.2, 0) is 11.2 Å². The Morgan fingerprint density at radius 2 is 1.53 bits per heavy atom. The van der Waals surface area contributed by atoms with Crippen LogP contribution in [0, 0.1) is 0 Å². The second-order valence-electron chi connectivity index (χ2n) is 8.92. The molecule has 3 heteroatoms. The van der Waals surface area contributed by atoms with Crippen LogP contribution < -0.4 is 10.4 Å². The number of hydrazine groups is 1. The molecule has 0 bridgehead atoms. The van der Waals surface area contributed by atoms with Gasteiger partial charge >= 0.3 is 0 Å². The standard InChI is InChI=1S/C27H44N2O/c1-3-4-5-6-7-8-9-10-11-12-13-14-15-16-17-22-27(30)28-29-24(2)23-25-20-18-19-21-26(25)29/h10-11,18-21,24H,3-9,12-17,22-23H2,1-2H3,(H,28,30)/b11-10-. The summed E-state index contributed by atoms with van der Waals surface area (Å²) in [6.45, 7) is 4.44. The molecule has 30 heavy (non-hydrogen) atoms. The third-order valence-electron chi connectivity index (χ3n) is 6.12. The summed E-state index contributed by atoms with van der Waals surface area (Å²) in [6.07, 6.45) is 23.1. The zero-order valence-electron chi connectivity index (χ0n) is 19.5. The number of carbonyl (C=O) groups excluding carboxylic acids is 1. The zero-order chi connectivity index (χ0) is 21.4. The topological polar surface area (TPSA) is 32.3 Å². The van der Waals surface area contributed by atoms with E-state index >= 15 is 0 Å². The van der Waals surface area contributed by atoms with Gasteiger partial charge in [-0.3, -0.25) is 15.2 Å². The van der Waals surface area contributed by atoms with Crippen molar-refractivity contribution < 1.29 is 4.79 Å². The fourth-order valence-electron chi connectivity index (χ4n) is 4.28. The van der Waals surface area contributed by atoms with Gasteiger partial charge in [0.2, 0.25) is 5.91 Å². The van der Waals surface area contributed by atoms with Crippen molar-refractivity contribution in [3.8, 4) is 0 Å². The third kappa shape index (κ3) is 9.36. The number of benzene rings is 1. The highest BCUT2D eigenvalue weighted by atomic mass is 16.2. The van der Waals surface area contributed by atoms with Gasteiger partial charge in [0, 0.05) is 6.42 Å². The van der Waals surface area contributed by atoms with E-state index in [0.717, 1.165) is 24.9 Å². The molecule has 0 aromatic heterocycles. The van der Waals surface area contributed by atoms with Crippen molar-refractivity contribution in [3.63, 3.8) is 0 Å². The van der Waals surface area contributed by atoms with Crippen LogP contribution in [-0.4, -0.2) is 11.9 Å². The van der Waals surface area contributed by atoms with E-state index in [2.05, 4.69) is 54.6 Å². The maximum Gasteiger partial charge on any atom is 0.238 e. The third-order valence-corrected chi connectivity index (χ3v) is 6.12. The van der Waals surface area contributed by atoms with Crippen LogP contribution in [0.1, 0.15) is 109 Å². The van der Waals surface area contributed by atoms with Crippen LogP contribution in [0.5, 0.6) is 0 Å². The van der Waals surface area contributed by atoms with Crippen LogP contribution in [0.25, 0.3) is 0 Å². The number of unbranched alkanes of at least 4 members (excludes halogenated alkanes) is 11. The molecule has 1 amide bonds. The Kier molecular flexibility index (Phi) is 12.3. The van der Waals surface area contributed by atoms with Gasteiger partial charge in [-0.05, 0) is 57.1 Å². The smallest absolute Gasteiger partial charge is 0.238 e. The van der Waals surface area contributed by atoms with E-state index in [4.69, 9.17) is 0 Å². The molecule has 0 saturated heterocycles. The summed E-state index contributed by atoms with van der Waals surface area (Å²) in [5.41, 5.74) is 5.60. The molecule has 2 rings (SSSR count). The second-order valence-corrected chi connectivity index (χ2v) is 8.92. The second kappa shape index (κ2) is 15.1. The lowest BCUT2D eigenvalue weighted by Crippen LogP contribution is -2.45. The summed E-state index contributed by atoms with van der Waals surface area (Å²) in [5.74, 6) is 0.149. The van der Waals surface area contributed by atoms with E-state index < -0.39 is 0 Å². The van der Waals surface area contributed by atoms with Crippen molar-refractivity contribution in [2.45, 2.75) is 116 Å². The van der Waals surface area contributed by atoms with Crippen LogP contribution in [0.2, 0.25) is 0 Å². The predicted octanol–water partition coefficient (Wildman–Crippen LogP) is 7.51. The van der Waals surface area contributed by atoms with Crippen LogP contribution in [0.3, 0.4) is 0 Å². The average molecular weight is 413 g/mol. The minimum Gasteiger partial charge on any atom is -0.282 e. The number of anilines is 1. The number of para-hydroxylation sites is 1. The van der Waals surface area contributed by atoms with Gasteiger partial charge in [-0.25, -0.2) is 0 Å². The first-order valence-electron chi connectivity index (χ1n) is 12.5. The maximum atomic E-state index is 12.3. The summed E-state index contributed by atoms with van der Waals surface area (Å²) >= 11 is 0. The van der Waals surface area contributed by atoms with Crippen molar-refractivity contribution >= 4 is 11.6 Å². The molecule has 1 heterocycles. The Bertz CT molecular complexity index is 625. The average Bonchev–Trinajstić information content (AvgIpc) is 3.06. The number of nitrogens with one attached hydrogen (secondary N) is 1. The van der Waals surface area contributed by atoms with E-state index in [1.807, 2.05) is 6.07 Å². The molecule has 1 aromatic carbocycles. The fraction of sp³-hybridized carbons (Fsp3) is 0.667. The number of fused-ring (bicyclic) bond motifs is 1. The first-order chi connectivity index (χ1) is 14.7. The van der Waals surface area contributed by atoms with Gasteiger partial charge in [0.15, 0.2) is 0 Å². The van der Waals surface area contributed by atoms with Crippen LogP contribution in [0.15, 0.2) is 36.4 Å². The van der Waals surface area contributed by atoms with Gasteiger partial charge in [0.25, 0.3) is 0 Å². The lowest BCUT2D eigenvalue weighted by Gasteiger charge is -2.25. The Labute approximate surface area is 185 Å². The normalized spacial score (nSPS) is 15.7. The molecule has 168 valence electrons. The Morgan fingerprint density at radius 1 is 0.933 bits per heavy atom. The maximum absolute atomic E-state index is 12.3. The largest absolute Gasteiger partial charge is 0.282 e. The summed E-state index contributed by atoms with van der Waals surface area (Å²) in [5, 5.41) is 2.05. The van der Waals surface area contributed by atoms with E-state index in [1.54, 1.807) is 0 Å². The molecule has 1 aliphatic rings. The molecule has 1 atom stereocenters. The molecule has 0 spiro atoms. The number of amides is 1. The first kappa shape index (κ1) is 24.5. The van der Waals surface area contributed by atoms with Crippen molar-refractivity contribution in [2.75, 3.05) is 5.01 Å². The lowest BCUT2D eigenvalue weighted by atomic mass is 10.1. The number of rotatable bonds is 16. The van der Waals surface area contributed by atoms with E-state index in [1.165, 1.54) is 76.2 Å². The monoisotopic (exact) mass is 412 g/mol. The minimum absolute atomic E-state index is 0.149. The molecular formula is C27H44N2O. The highest BCUT2D eigenvalue weighted by molar-refractivity contribution is 5.79. The molecule has 0 saturated carbocycles. The lowest BCUT2D eigenvalue weighted by molar-refractivity contribution is -0.121. The zero-order valence-corrected chi connectivity index (χ0v) is 19.5. The Morgan fingerprint density at radius 3 is 2.23 bits per heavy atom. The Hall–Kier alpha value is -1.77. The molecule has 1 aromatic rings. The molecule has 1 unspecified atom stereocenters. The summed E-state index contributed by atoms with van der Waals surface area (Å²) < 4.78 is 0. The molecule has 0 aliphatic carbocycles. The SMILES string of the molecule is CCCCCCCC/C=C\CCCCCCCC(=O)NN1c2ccccc2CC1C. The van der Waals surface area contributed by atoms with Crippen molar-refractivity contribution in [1.29, 1.82) is 0 Å². The first-order valence-corrected chi connectivity index (χ1v) is 12.5. The summed E-state index contributed by atoms with van der Waals surface area (Å²) in [6, 6.07) is 8.70. The summed E-state index contributed by atoms with van der Waals surface area (Å²) in [7, 11) is 0. The number of nitrogens with zero attached hydrogens (tertiary/aromatic N) is 1.